The fourth-order valence-corrected chi connectivity index (χ4v) is 5.23. The molecule has 0 amide bonds. The molecule has 6 nitrogen and oxygen atoms in total. The zero-order chi connectivity index (χ0) is 15.8. The molecule has 0 aliphatic carbocycles. The van der Waals surface area contributed by atoms with Gasteiger partial charge >= 0.3 is 6.69 Å². The number of ether oxygens (including phenoxy) is 1. The van der Waals surface area contributed by atoms with Crippen LogP contribution in [0.25, 0.3) is 0 Å². The number of ketones is 1. The molecule has 4 aliphatic heterocycles. The summed E-state index contributed by atoms with van der Waals surface area (Å²) < 4.78 is 11.5. The Morgan fingerprint density at radius 3 is 2.78 bits per heavy atom. The molecule has 1 aromatic carbocycles. The number of hydrogen-bond donors (Lipinski definition) is 1. The summed E-state index contributed by atoms with van der Waals surface area (Å²) in [5.74, 6) is -1.33. The summed E-state index contributed by atoms with van der Waals surface area (Å²) in [6.45, 7) is -1.69. The lowest BCUT2D eigenvalue weighted by Gasteiger charge is -2.55. The molecule has 4 aliphatic rings. The van der Waals surface area contributed by atoms with Gasteiger partial charge in [-0.3, -0.25) is 9.59 Å². The lowest BCUT2D eigenvalue weighted by molar-refractivity contribution is -0.850. The Balaban J connectivity index is 1.55. The quantitative estimate of drug-likeness (QED) is 0.484. The second kappa shape index (κ2) is 4.23. The molecule has 0 saturated carbocycles. The number of benzene rings is 1. The summed E-state index contributed by atoms with van der Waals surface area (Å²) in [4.78, 5) is 24.6. The summed E-state index contributed by atoms with van der Waals surface area (Å²) in [5, 5.41) is 11.4. The molecular formula is C16H18BNO5. The minimum Gasteiger partial charge on any atom is -0.613 e. The summed E-state index contributed by atoms with van der Waals surface area (Å²) in [6, 6.07) is 8.95. The van der Waals surface area contributed by atoms with Crippen LogP contribution in [0, 0.1) is 5.92 Å². The monoisotopic (exact) mass is 315 g/mol. The molecule has 0 radical (unpaired) electrons. The second-order valence-electron chi connectivity index (χ2n) is 7.27. The smallest absolute Gasteiger partial charge is 0.556 e. The fraction of sp³-hybridized carbons (Fsp3) is 0.500. The van der Waals surface area contributed by atoms with E-state index in [2.05, 4.69) is 0 Å². The van der Waals surface area contributed by atoms with E-state index < -0.39 is 24.6 Å². The van der Waals surface area contributed by atoms with Gasteiger partial charge in [-0.25, -0.2) is 0 Å². The number of Topliss-reactive ketones (excluding diaryl/α,β-unsaturated/α-hetero) is 1. The van der Waals surface area contributed by atoms with Gasteiger partial charge in [0.25, 0.3) is 5.97 Å². The Morgan fingerprint density at radius 1 is 1.22 bits per heavy atom. The van der Waals surface area contributed by atoms with Gasteiger partial charge in [0, 0.05) is 13.0 Å². The van der Waals surface area contributed by atoms with Crippen molar-refractivity contribution in [2.75, 3.05) is 13.1 Å². The summed E-state index contributed by atoms with van der Waals surface area (Å²) in [5.41, 5.74) is 0.963. The Kier molecular flexibility index (Phi) is 2.52. The first-order chi connectivity index (χ1) is 11.1. The van der Waals surface area contributed by atoms with Gasteiger partial charge in [-0.2, -0.15) is 0 Å². The standard InChI is InChI=1S/C16H18BNO5/c19-12-9-18-8-4-7-11(18)13(12)16(20)23-17(18,21)15-14(22-15)10-5-2-1-3-6-10/h1-3,5-6,11,13-15,21H,4,7-9H2/t11-,13+,14?,15?,17?,18?/m0/s1. The Morgan fingerprint density at radius 2 is 2.00 bits per heavy atom. The van der Waals surface area contributed by atoms with Crippen molar-refractivity contribution in [2.24, 2.45) is 5.92 Å². The van der Waals surface area contributed by atoms with Crippen LogP contribution in [0.5, 0.6) is 0 Å². The lowest BCUT2D eigenvalue weighted by atomic mass is 9.59. The SMILES string of the molecule is O=C1C[N+]23CCC[C@H]2[C@H]1C(=O)O[B-]3(O)C1OC1c1ccccc1. The number of carbonyl (C=O) groups is 2. The van der Waals surface area contributed by atoms with E-state index in [-0.39, 0.29) is 28.9 Å². The molecule has 0 aromatic heterocycles. The topological polar surface area (TPSA) is 76.1 Å². The van der Waals surface area contributed by atoms with Crippen LogP contribution in [0.15, 0.2) is 30.3 Å². The van der Waals surface area contributed by atoms with Crippen LogP contribution >= 0.6 is 0 Å². The van der Waals surface area contributed by atoms with Crippen molar-refractivity contribution in [3.05, 3.63) is 35.9 Å². The molecule has 4 fully saturated rings. The summed E-state index contributed by atoms with van der Waals surface area (Å²) >= 11 is 0. The molecule has 23 heavy (non-hydrogen) atoms. The van der Waals surface area contributed by atoms with E-state index in [9.17, 15) is 14.6 Å². The number of nitrogens with zero attached hydrogens (tertiary/aromatic N) is 1. The lowest BCUT2D eigenvalue weighted by Crippen LogP contribution is -2.77. The van der Waals surface area contributed by atoms with Crippen molar-refractivity contribution in [3.8, 4) is 0 Å². The van der Waals surface area contributed by atoms with Crippen molar-refractivity contribution >= 4 is 18.4 Å². The highest BCUT2D eigenvalue weighted by Gasteiger charge is 2.76. The van der Waals surface area contributed by atoms with Crippen LogP contribution in [-0.2, 0) is 19.0 Å². The van der Waals surface area contributed by atoms with Crippen molar-refractivity contribution in [2.45, 2.75) is 31.0 Å². The summed E-state index contributed by atoms with van der Waals surface area (Å²) in [6.07, 6.45) is 1.42. The van der Waals surface area contributed by atoms with Crippen LogP contribution in [0.1, 0.15) is 24.5 Å². The van der Waals surface area contributed by atoms with E-state index in [1.165, 1.54) is 0 Å². The van der Waals surface area contributed by atoms with Crippen molar-refractivity contribution in [1.29, 1.82) is 0 Å². The molecule has 6 atom stereocenters. The maximum atomic E-state index is 12.3. The predicted molar refractivity (Wildman–Crippen MR) is 79.6 cm³/mol. The van der Waals surface area contributed by atoms with Crippen LogP contribution < -0.4 is 0 Å². The summed E-state index contributed by atoms with van der Waals surface area (Å²) in [7, 11) is 0. The molecule has 0 spiro atoms. The highest BCUT2D eigenvalue weighted by molar-refractivity contribution is 6.64. The van der Waals surface area contributed by atoms with Crippen molar-refractivity contribution in [3.63, 3.8) is 0 Å². The number of carbonyl (C=O) groups excluding carboxylic acids is 2. The zero-order valence-electron chi connectivity index (χ0n) is 12.6. The van der Waals surface area contributed by atoms with Gasteiger partial charge in [-0.1, -0.05) is 30.3 Å². The first kappa shape index (κ1) is 13.7. The number of rotatable bonds is 2. The normalized spacial score (nSPS) is 47.3. The van der Waals surface area contributed by atoms with Crippen molar-refractivity contribution in [1.82, 2.24) is 0 Å². The minimum atomic E-state index is -2.56. The third-order valence-electron chi connectivity index (χ3n) is 6.28. The van der Waals surface area contributed by atoms with E-state index in [0.717, 1.165) is 18.4 Å². The third-order valence-corrected chi connectivity index (χ3v) is 6.28. The first-order valence-corrected chi connectivity index (χ1v) is 8.27. The van der Waals surface area contributed by atoms with E-state index in [1.54, 1.807) is 0 Å². The largest absolute Gasteiger partial charge is 0.613 e. The van der Waals surface area contributed by atoms with Gasteiger partial charge in [-0.05, 0) is 12.0 Å². The van der Waals surface area contributed by atoms with Crippen LogP contribution in [0.4, 0.5) is 0 Å². The van der Waals surface area contributed by atoms with Gasteiger partial charge < -0.3 is 18.8 Å². The Bertz CT molecular complexity index is 712. The molecule has 7 heteroatoms. The Hall–Kier alpha value is -1.70. The molecule has 4 saturated heterocycles. The van der Waals surface area contributed by atoms with Crippen LogP contribution in [-0.4, -0.2) is 53.0 Å². The molecular weight excluding hydrogens is 297 g/mol. The van der Waals surface area contributed by atoms with Gasteiger partial charge in [0.15, 0.2) is 5.92 Å². The number of quaternary nitrogens is 1. The van der Waals surface area contributed by atoms with Gasteiger partial charge in [0.2, 0.25) is 5.78 Å². The van der Waals surface area contributed by atoms with E-state index in [4.69, 9.17) is 9.39 Å². The zero-order valence-corrected chi connectivity index (χ0v) is 12.6. The number of hydrogen-bond acceptors (Lipinski definition) is 5. The Labute approximate surface area is 133 Å². The fourth-order valence-electron chi connectivity index (χ4n) is 5.23. The highest BCUT2D eigenvalue weighted by atomic mass is 16.7. The third kappa shape index (κ3) is 1.55. The molecule has 4 heterocycles. The molecule has 1 aromatic rings. The average molecular weight is 315 g/mol. The van der Waals surface area contributed by atoms with Crippen LogP contribution in [0.3, 0.4) is 0 Å². The van der Waals surface area contributed by atoms with Crippen molar-refractivity contribution < 1.29 is 28.4 Å². The minimum absolute atomic E-state index is 0.0885. The van der Waals surface area contributed by atoms with Gasteiger partial charge in [0.1, 0.15) is 6.54 Å². The van der Waals surface area contributed by atoms with E-state index in [0.29, 0.717) is 6.54 Å². The maximum absolute atomic E-state index is 12.3. The van der Waals surface area contributed by atoms with Gasteiger partial charge in [0.05, 0.1) is 18.1 Å². The molecule has 2 bridgehead atoms. The van der Waals surface area contributed by atoms with Gasteiger partial charge in [-0.15, -0.1) is 0 Å². The molecule has 5 rings (SSSR count). The maximum Gasteiger partial charge on any atom is 0.556 e. The van der Waals surface area contributed by atoms with Crippen LogP contribution in [0.2, 0.25) is 0 Å². The predicted octanol–water partition coefficient (Wildman–Crippen LogP) is 0.332. The number of epoxide rings is 1. The highest BCUT2D eigenvalue weighted by Crippen LogP contribution is 2.54. The molecule has 1 N–H and O–H groups in total. The van der Waals surface area contributed by atoms with E-state index >= 15 is 0 Å². The van der Waals surface area contributed by atoms with E-state index in [1.807, 2.05) is 30.3 Å². The molecule has 120 valence electrons. The first-order valence-electron chi connectivity index (χ1n) is 8.27. The molecule has 4 unspecified atom stereocenters. The average Bonchev–Trinajstić information content (AvgIpc) is 3.17. The second-order valence-corrected chi connectivity index (χ2v) is 7.27.